The van der Waals surface area contributed by atoms with Crippen LogP contribution in [0.4, 0.5) is 0 Å². The molecule has 0 heterocycles. The minimum Gasteiger partial charge on any atom is -0.474 e. The van der Waals surface area contributed by atoms with Crippen molar-refractivity contribution in [3.8, 4) is 40.2 Å². The maximum absolute atomic E-state index is 12.7. The van der Waals surface area contributed by atoms with E-state index < -0.39 is 12.1 Å². The van der Waals surface area contributed by atoms with Gasteiger partial charge in [-0.1, -0.05) is 54.1 Å². The Hall–Kier alpha value is -4.94. The van der Waals surface area contributed by atoms with Crippen LogP contribution in [0.2, 0.25) is 5.02 Å². The van der Waals surface area contributed by atoms with Crippen molar-refractivity contribution in [1.82, 2.24) is 0 Å². The lowest BCUT2D eigenvalue weighted by Crippen LogP contribution is -2.20. The van der Waals surface area contributed by atoms with Crippen LogP contribution >= 0.6 is 11.6 Å². The fourth-order valence-electron chi connectivity index (χ4n) is 3.82. The second kappa shape index (κ2) is 12.7. The van der Waals surface area contributed by atoms with Crippen molar-refractivity contribution in [2.45, 2.75) is 6.10 Å². The Morgan fingerprint density at radius 3 is 1.60 bits per heavy atom. The Labute approximate surface area is 237 Å². The first-order valence-corrected chi connectivity index (χ1v) is 12.8. The lowest BCUT2D eigenvalue weighted by molar-refractivity contribution is -0.149. The smallest absolute Gasteiger partial charge is 0.351 e. The highest BCUT2D eigenvalue weighted by molar-refractivity contribution is 6.30. The summed E-state index contributed by atoms with van der Waals surface area (Å²) in [5, 5.41) is 0.626. The molecule has 7 heteroatoms. The molecule has 40 heavy (non-hydrogen) atoms. The van der Waals surface area contributed by atoms with E-state index in [1.165, 1.54) is 7.11 Å². The summed E-state index contributed by atoms with van der Waals surface area (Å²) in [6, 6.07) is 38.0. The predicted octanol–water partition coefficient (Wildman–Crippen LogP) is 9.01. The van der Waals surface area contributed by atoms with Gasteiger partial charge < -0.3 is 23.7 Å². The van der Waals surface area contributed by atoms with Gasteiger partial charge in [0.05, 0.1) is 7.11 Å². The molecule has 0 aromatic heterocycles. The summed E-state index contributed by atoms with van der Waals surface area (Å²) >= 11 is 5.94. The van der Waals surface area contributed by atoms with E-state index in [-0.39, 0.29) is 0 Å². The van der Waals surface area contributed by atoms with Gasteiger partial charge in [0.15, 0.2) is 0 Å². The first kappa shape index (κ1) is 26.7. The molecule has 0 radical (unpaired) electrons. The van der Waals surface area contributed by atoms with Gasteiger partial charge >= 0.3 is 5.97 Å². The van der Waals surface area contributed by atoms with Gasteiger partial charge in [0.2, 0.25) is 6.10 Å². The van der Waals surface area contributed by atoms with Gasteiger partial charge in [-0.2, -0.15) is 0 Å². The van der Waals surface area contributed by atoms with Crippen LogP contribution in [0, 0.1) is 0 Å². The van der Waals surface area contributed by atoms with Crippen LogP contribution in [0.1, 0.15) is 11.7 Å². The van der Waals surface area contributed by atoms with Crippen LogP contribution in [0.15, 0.2) is 127 Å². The van der Waals surface area contributed by atoms with Crippen molar-refractivity contribution >= 4 is 17.6 Å². The molecule has 0 aliphatic rings. The number of ether oxygens (including phenoxy) is 5. The molecule has 5 aromatic rings. The van der Waals surface area contributed by atoms with Crippen molar-refractivity contribution in [3.63, 3.8) is 0 Å². The number of esters is 1. The molecule has 0 bridgehead atoms. The highest BCUT2D eigenvalue weighted by Gasteiger charge is 2.24. The van der Waals surface area contributed by atoms with E-state index in [4.69, 9.17) is 35.3 Å². The highest BCUT2D eigenvalue weighted by Crippen LogP contribution is 2.32. The average molecular weight is 553 g/mol. The number of benzene rings is 5. The fraction of sp³-hybridized carbons (Fsp3) is 0.0606. The van der Waals surface area contributed by atoms with E-state index in [1.807, 2.05) is 48.5 Å². The van der Waals surface area contributed by atoms with Gasteiger partial charge in [0.25, 0.3) is 0 Å². The van der Waals surface area contributed by atoms with Crippen LogP contribution < -0.4 is 18.9 Å². The molecule has 0 fully saturated rings. The zero-order valence-electron chi connectivity index (χ0n) is 21.5. The summed E-state index contributed by atoms with van der Waals surface area (Å²) in [4.78, 5) is 12.7. The van der Waals surface area contributed by atoms with Crippen molar-refractivity contribution in [3.05, 3.63) is 138 Å². The maximum Gasteiger partial charge on any atom is 0.351 e. The van der Waals surface area contributed by atoms with Crippen molar-refractivity contribution in [1.29, 1.82) is 0 Å². The molecular weight excluding hydrogens is 528 g/mol. The molecule has 5 aromatic carbocycles. The first-order chi connectivity index (χ1) is 19.6. The third kappa shape index (κ3) is 7.12. The van der Waals surface area contributed by atoms with Crippen LogP contribution in [0.5, 0.6) is 40.2 Å². The van der Waals surface area contributed by atoms with Crippen LogP contribution in [-0.2, 0) is 9.53 Å². The van der Waals surface area contributed by atoms with Crippen molar-refractivity contribution in [2.24, 2.45) is 0 Å². The topological polar surface area (TPSA) is 63.2 Å². The molecule has 0 N–H and O–H groups in total. The number of halogens is 1. The average Bonchev–Trinajstić information content (AvgIpc) is 2.98. The SMILES string of the molecule is COC(=O)C(Oc1cccc(Oc2cccc(Oc3ccccc3)c2)c1)c1ccc(Oc2ccc(Cl)cc2)cc1. The summed E-state index contributed by atoms with van der Waals surface area (Å²) in [6.07, 6.45) is -0.993. The molecule has 6 nitrogen and oxygen atoms in total. The van der Waals surface area contributed by atoms with Gasteiger partial charge in [-0.15, -0.1) is 0 Å². The predicted molar refractivity (Wildman–Crippen MR) is 153 cm³/mol. The fourth-order valence-corrected chi connectivity index (χ4v) is 3.94. The second-order valence-electron chi connectivity index (χ2n) is 8.61. The molecule has 0 saturated heterocycles. The molecule has 0 aliphatic carbocycles. The summed E-state index contributed by atoms with van der Waals surface area (Å²) in [7, 11) is 1.32. The number of hydrogen-bond donors (Lipinski definition) is 0. The van der Waals surface area contributed by atoms with Crippen LogP contribution in [0.25, 0.3) is 0 Å². The third-order valence-electron chi connectivity index (χ3n) is 5.73. The van der Waals surface area contributed by atoms with E-state index >= 15 is 0 Å². The van der Waals surface area contributed by atoms with E-state index in [9.17, 15) is 4.79 Å². The van der Waals surface area contributed by atoms with Gasteiger partial charge in [-0.25, -0.2) is 4.79 Å². The Bertz CT molecular complexity index is 1550. The first-order valence-electron chi connectivity index (χ1n) is 12.4. The number of carbonyl (C=O) groups excluding carboxylic acids is 1. The number of carbonyl (C=O) groups is 1. The van der Waals surface area contributed by atoms with Crippen LogP contribution in [0.3, 0.4) is 0 Å². The quantitative estimate of drug-likeness (QED) is 0.161. The molecule has 0 aliphatic heterocycles. The van der Waals surface area contributed by atoms with Gasteiger partial charge in [0.1, 0.15) is 40.2 Å². The van der Waals surface area contributed by atoms with Crippen molar-refractivity contribution < 1.29 is 28.5 Å². The molecule has 5 rings (SSSR count). The second-order valence-corrected chi connectivity index (χ2v) is 9.05. The molecule has 1 atom stereocenters. The molecule has 200 valence electrons. The van der Waals surface area contributed by atoms with Gasteiger partial charge in [-0.05, 0) is 72.8 Å². The number of rotatable bonds is 10. The Balaban J connectivity index is 1.28. The van der Waals surface area contributed by atoms with E-state index in [2.05, 4.69) is 0 Å². The minimum atomic E-state index is -0.993. The standard InChI is InChI=1S/C33H25ClO6/c1-36-33(35)32(23-13-17-26(18-14-23)37-27-19-15-24(34)16-20-27)40-31-12-6-11-30(22-31)39-29-10-5-9-28(21-29)38-25-7-3-2-4-8-25/h2-22,32H,1H3. The molecular formula is C33H25ClO6. The zero-order chi connectivity index (χ0) is 27.7. The van der Waals surface area contributed by atoms with Gasteiger partial charge in [-0.3, -0.25) is 0 Å². The molecule has 0 spiro atoms. The lowest BCUT2D eigenvalue weighted by atomic mass is 10.1. The zero-order valence-corrected chi connectivity index (χ0v) is 22.3. The Kier molecular flexibility index (Phi) is 8.49. The lowest BCUT2D eigenvalue weighted by Gasteiger charge is -2.18. The summed E-state index contributed by atoms with van der Waals surface area (Å²) in [5.41, 5.74) is 0.604. The molecule has 0 amide bonds. The Morgan fingerprint density at radius 1 is 0.550 bits per heavy atom. The van der Waals surface area contributed by atoms with Gasteiger partial charge in [0, 0.05) is 22.7 Å². The number of para-hydroxylation sites is 1. The minimum absolute atomic E-state index is 0.436. The van der Waals surface area contributed by atoms with Crippen molar-refractivity contribution in [2.75, 3.05) is 7.11 Å². The summed E-state index contributed by atoms with van der Waals surface area (Å²) < 4.78 is 28.9. The maximum atomic E-state index is 12.7. The summed E-state index contributed by atoms with van der Waals surface area (Å²) in [5.74, 6) is 3.64. The third-order valence-corrected chi connectivity index (χ3v) is 5.98. The highest BCUT2D eigenvalue weighted by atomic mass is 35.5. The number of hydrogen-bond acceptors (Lipinski definition) is 6. The molecule has 0 saturated carbocycles. The van der Waals surface area contributed by atoms with E-state index in [1.54, 1.807) is 78.9 Å². The van der Waals surface area contributed by atoms with E-state index in [0.717, 1.165) is 5.75 Å². The Morgan fingerprint density at radius 2 is 1.00 bits per heavy atom. The van der Waals surface area contributed by atoms with Crippen LogP contribution in [-0.4, -0.2) is 13.1 Å². The molecule has 1 unspecified atom stereocenters. The summed E-state index contributed by atoms with van der Waals surface area (Å²) in [6.45, 7) is 0. The van der Waals surface area contributed by atoms with E-state index in [0.29, 0.717) is 45.1 Å². The normalized spacial score (nSPS) is 11.2. The largest absolute Gasteiger partial charge is 0.474 e. The number of methoxy groups -OCH3 is 1. The monoisotopic (exact) mass is 552 g/mol.